The average molecular weight is 335 g/mol. The number of amides is 4. The van der Waals surface area contributed by atoms with Gasteiger partial charge in [0.15, 0.2) is 0 Å². The predicted molar refractivity (Wildman–Crippen MR) is 90.1 cm³/mol. The summed E-state index contributed by atoms with van der Waals surface area (Å²) in [5, 5.41) is 5.82. The second-order valence-corrected chi connectivity index (χ2v) is 8.95. The topological polar surface area (TPSA) is 78.5 Å². The van der Waals surface area contributed by atoms with Crippen LogP contribution in [0.25, 0.3) is 0 Å². The third-order valence-electron chi connectivity index (χ3n) is 5.64. The van der Waals surface area contributed by atoms with Crippen molar-refractivity contribution in [3.63, 3.8) is 0 Å². The van der Waals surface area contributed by atoms with E-state index in [9.17, 15) is 14.4 Å². The summed E-state index contributed by atoms with van der Waals surface area (Å²) in [4.78, 5) is 38.6. The quantitative estimate of drug-likeness (QED) is 0.772. The van der Waals surface area contributed by atoms with Gasteiger partial charge in [-0.2, -0.15) is 0 Å². The fraction of sp³-hybridized carbons (Fsp3) is 0.833. The van der Waals surface area contributed by atoms with E-state index in [4.69, 9.17) is 0 Å². The summed E-state index contributed by atoms with van der Waals surface area (Å²) < 4.78 is 0. The maximum absolute atomic E-state index is 13.0. The Morgan fingerprint density at radius 2 is 2.00 bits per heavy atom. The van der Waals surface area contributed by atoms with Crippen LogP contribution in [0, 0.1) is 17.3 Å². The number of carbonyl (C=O) groups excluding carboxylic acids is 3. The normalized spacial score (nSPS) is 33.5. The Morgan fingerprint density at radius 1 is 1.33 bits per heavy atom. The van der Waals surface area contributed by atoms with Crippen LogP contribution < -0.4 is 10.6 Å². The average Bonchev–Trinajstić information content (AvgIpc) is 3.22. The van der Waals surface area contributed by atoms with E-state index in [0.717, 1.165) is 24.2 Å². The van der Waals surface area contributed by atoms with Crippen LogP contribution in [-0.2, 0) is 9.59 Å². The largest absolute Gasteiger partial charge is 0.352 e. The molecule has 3 aliphatic rings. The Balaban J connectivity index is 1.68. The van der Waals surface area contributed by atoms with Crippen LogP contribution in [0.3, 0.4) is 0 Å². The van der Waals surface area contributed by atoms with Crippen LogP contribution >= 0.6 is 0 Å². The minimum Gasteiger partial charge on any atom is -0.352 e. The third-order valence-corrected chi connectivity index (χ3v) is 5.64. The summed E-state index contributed by atoms with van der Waals surface area (Å²) >= 11 is 0. The molecule has 0 aromatic rings. The molecular formula is C18H29N3O3. The van der Waals surface area contributed by atoms with E-state index in [1.807, 2.05) is 6.92 Å². The first-order chi connectivity index (χ1) is 11.1. The Kier molecular flexibility index (Phi) is 4.12. The van der Waals surface area contributed by atoms with Crippen LogP contribution in [0.2, 0.25) is 0 Å². The molecule has 0 aromatic heterocycles. The number of hydrogen-bond acceptors (Lipinski definition) is 3. The first-order valence-corrected chi connectivity index (χ1v) is 9.05. The number of imide groups is 1. The molecule has 3 rings (SSSR count). The SMILES string of the molecule is CC1CC(C)(C)CC2(C1)NC(=O)N(CC(=O)NC(C)C1CC1)C2=O. The Labute approximate surface area is 143 Å². The molecule has 6 heteroatoms. The molecule has 3 fully saturated rings. The smallest absolute Gasteiger partial charge is 0.325 e. The minimum atomic E-state index is -0.833. The van der Waals surface area contributed by atoms with E-state index < -0.39 is 11.6 Å². The molecule has 3 unspecified atom stereocenters. The molecule has 3 atom stereocenters. The van der Waals surface area contributed by atoms with Gasteiger partial charge >= 0.3 is 6.03 Å². The van der Waals surface area contributed by atoms with E-state index in [0.29, 0.717) is 24.7 Å². The van der Waals surface area contributed by atoms with E-state index in [2.05, 4.69) is 31.4 Å². The summed E-state index contributed by atoms with van der Waals surface area (Å²) in [7, 11) is 0. The number of rotatable bonds is 4. The summed E-state index contributed by atoms with van der Waals surface area (Å²) in [5.74, 6) is 0.421. The van der Waals surface area contributed by atoms with Crippen molar-refractivity contribution in [1.82, 2.24) is 15.5 Å². The first kappa shape index (κ1) is 17.2. The van der Waals surface area contributed by atoms with Crippen molar-refractivity contribution >= 4 is 17.8 Å². The van der Waals surface area contributed by atoms with Crippen molar-refractivity contribution in [2.24, 2.45) is 17.3 Å². The van der Waals surface area contributed by atoms with Gasteiger partial charge in [-0.15, -0.1) is 0 Å². The molecule has 0 aromatic carbocycles. The van der Waals surface area contributed by atoms with Gasteiger partial charge in [-0.25, -0.2) is 4.79 Å². The van der Waals surface area contributed by atoms with Crippen molar-refractivity contribution in [3.05, 3.63) is 0 Å². The predicted octanol–water partition coefficient (Wildman–Crippen LogP) is 2.04. The number of urea groups is 1. The summed E-state index contributed by atoms with van der Waals surface area (Å²) in [6.07, 6.45) is 4.60. The molecule has 2 saturated carbocycles. The van der Waals surface area contributed by atoms with Gasteiger partial charge in [0.05, 0.1) is 0 Å². The van der Waals surface area contributed by atoms with E-state index in [1.54, 1.807) is 0 Å². The lowest BCUT2D eigenvalue weighted by Gasteiger charge is -2.43. The molecule has 24 heavy (non-hydrogen) atoms. The van der Waals surface area contributed by atoms with Crippen LogP contribution in [0.15, 0.2) is 0 Å². The maximum Gasteiger partial charge on any atom is 0.325 e. The first-order valence-electron chi connectivity index (χ1n) is 9.05. The fourth-order valence-corrected chi connectivity index (χ4v) is 4.81. The van der Waals surface area contributed by atoms with Crippen molar-refractivity contribution in [2.75, 3.05) is 6.54 Å². The monoisotopic (exact) mass is 335 g/mol. The number of carbonyl (C=O) groups is 3. The second kappa shape index (κ2) is 5.74. The summed E-state index contributed by atoms with van der Waals surface area (Å²) in [6.45, 7) is 8.19. The maximum atomic E-state index is 13.0. The van der Waals surface area contributed by atoms with Gasteiger partial charge in [0.25, 0.3) is 5.91 Å². The van der Waals surface area contributed by atoms with Gasteiger partial charge in [-0.1, -0.05) is 20.8 Å². The van der Waals surface area contributed by atoms with Gasteiger partial charge in [0.1, 0.15) is 12.1 Å². The molecule has 2 N–H and O–H groups in total. The molecule has 0 radical (unpaired) electrons. The van der Waals surface area contributed by atoms with Gasteiger partial charge in [-0.3, -0.25) is 14.5 Å². The standard InChI is InChI=1S/C18H29N3O3/c1-11-7-17(3,4)10-18(8-11)15(23)21(16(24)20-18)9-14(22)19-12(2)13-5-6-13/h11-13H,5-10H2,1-4H3,(H,19,22)(H,20,24). The van der Waals surface area contributed by atoms with Crippen LogP contribution in [0.1, 0.15) is 59.8 Å². The Hall–Kier alpha value is -1.59. The minimum absolute atomic E-state index is 0.000632. The highest BCUT2D eigenvalue weighted by Crippen LogP contribution is 2.46. The molecule has 134 valence electrons. The summed E-state index contributed by atoms with van der Waals surface area (Å²) in [5.41, 5.74) is -0.833. The molecule has 1 spiro atoms. The van der Waals surface area contributed by atoms with Crippen LogP contribution in [0.5, 0.6) is 0 Å². The number of hydrogen-bond donors (Lipinski definition) is 2. The zero-order valence-electron chi connectivity index (χ0n) is 15.1. The van der Waals surface area contributed by atoms with E-state index in [1.165, 1.54) is 0 Å². The highest BCUT2D eigenvalue weighted by molar-refractivity contribution is 6.09. The molecule has 2 aliphatic carbocycles. The fourth-order valence-electron chi connectivity index (χ4n) is 4.81. The lowest BCUT2D eigenvalue weighted by atomic mass is 9.64. The molecule has 4 amide bonds. The Morgan fingerprint density at radius 3 is 2.58 bits per heavy atom. The lowest BCUT2D eigenvalue weighted by Crippen LogP contribution is -2.54. The van der Waals surface area contributed by atoms with Crippen molar-refractivity contribution in [1.29, 1.82) is 0 Å². The second-order valence-electron chi connectivity index (χ2n) is 8.95. The molecule has 1 aliphatic heterocycles. The third kappa shape index (κ3) is 3.28. The lowest BCUT2D eigenvalue weighted by molar-refractivity contribution is -0.137. The molecule has 1 saturated heterocycles. The van der Waals surface area contributed by atoms with Crippen LogP contribution in [0.4, 0.5) is 4.79 Å². The number of nitrogens with one attached hydrogen (secondary N) is 2. The molecule has 0 bridgehead atoms. The highest BCUT2D eigenvalue weighted by atomic mass is 16.2. The summed E-state index contributed by atoms with van der Waals surface area (Å²) in [6, 6.07) is -0.319. The van der Waals surface area contributed by atoms with Gasteiger partial charge in [-0.05, 0) is 56.3 Å². The van der Waals surface area contributed by atoms with E-state index >= 15 is 0 Å². The van der Waals surface area contributed by atoms with Crippen molar-refractivity contribution in [3.8, 4) is 0 Å². The van der Waals surface area contributed by atoms with Gasteiger partial charge in [0.2, 0.25) is 5.91 Å². The van der Waals surface area contributed by atoms with Crippen molar-refractivity contribution < 1.29 is 14.4 Å². The number of nitrogens with zero attached hydrogens (tertiary/aromatic N) is 1. The molecule has 1 heterocycles. The van der Waals surface area contributed by atoms with Crippen molar-refractivity contribution in [2.45, 2.75) is 71.4 Å². The molecule has 6 nitrogen and oxygen atoms in total. The zero-order chi connectivity index (χ0) is 17.7. The Bertz CT molecular complexity index is 570. The highest BCUT2D eigenvalue weighted by Gasteiger charge is 2.56. The van der Waals surface area contributed by atoms with E-state index in [-0.39, 0.29) is 29.8 Å². The molecular weight excluding hydrogens is 306 g/mol. The van der Waals surface area contributed by atoms with Gasteiger partial charge < -0.3 is 10.6 Å². The van der Waals surface area contributed by atoms with Crippen LogP contribution in [-0.4, -0.2) is 40.9 Å². The van der Waals surface area contributed by atoms with Gasteiger partial charge in [0, 0.05) is 6.04 Å². The zero-order valence-corrected chi connectivity index (χ0v) is 15.1.